The molecule has 2 N–H and O–H groups in total. The Hall–Kier alpha value is -2.50. The second-order valence-electron chi connectivity index (χ2n) is 8.24. The van der Waals surface area contributed by atoms with Gasteiger partial charge in [0, 0.05) is 33.3 Å². The maximum absolute atomic E-state index is 13.1. The molecule has 3 aromatic carbocycles. The molecule has 0 heterocycles. The van der Waals surface area contributed by atoms with Crippen LogP contribution in [0.5, 0.6) is 0 Å². The lowest BCUT2D eigenvalue weighted by atomic mass is 9.84. The summed E-state index contributed by atoms with van der Waals surface area (Å²) in [5.41, 5.74) is 3.19. The number of carbonyl (C=O) groups excluding carboxylic acids is 1. The van der Waals surface area contributed by atoms with E-state index >= 15 is 0 Å². The standard InChI is InChI=1S/C26H28ClFN2OS/c1-4-32-22-12-5-18(6-13-22)15-25(31)30-21-11-14-23(24(27)16-21)26(2,3)17-29-20-9-7-19(28)8-10-20/h5-14,16,29H,4,15,17H2,1-3H3,(H,30,31). The highest BCUT2D eigenvalue weighted by molar-refractivity contribution is 7.99. The average Bonchev–Trinajstić information content (AvgIpc) is 2.75. The fourth-order valence-corrected chi connectivity index (χ4v) is 4.49. The van der Waals surface area contributed by atoms with Crippen molar-refractivity contribution in [1.82, 2.24) is 0 Å². The second kappa shape index (κ2) is 10.9. The van der Waals surface area contributed by atoms with Crippen molar-refractivity contribution in [3.8, 4) is 0 Å². The number of amides is 1. The molecule has 0 radical (unpaired) electrons. The zero-order valence-electron chi connectivity index (χ0n) is 18.5. The van der Waals surface area contributed by atoms with Crippen LogP contribution in [0.15, 0.2) is 71.6 Å². The van der Waals surface area contributed by atoms with Crippen molar-refractivity contribution in [2.45, 2.75) is 37.5 Å². The molecule has 3 nitrogen and oxygen atoms in total. The molecule has 3 rings (SSSR count). The van der Waals surface area contributed by atoms with Crippen LogP contribution in [-0.2, 0) is 16.6 Å². The van der Waals surface area contributed by atoms with Crippen LogP contribution in [0.3, 0.4) is 0 Å². The summed E-state index contributed by atoms with van der Waals surface area (Å²) in [7, 11) is 0. The maximum Gasteiger partial charge on any atom is 0.228 e. The van der Waals surface area contributed by atoms with Crippen molar-refractivity contribution in [3.63, 3.8) is 0 Å². The van der Waals surface area contributed by atoms with Crippen LogP contribution in [0, 0.1) is 5.82 Å². The number of hydrogen-bond donors (Lipinski definition) is 2. The minimum Gasteiger partial charge on any atom is -0.384 e. The van der Waals surface area contributed by atoms with Gasteiger partial charge in [0.05, 0.1) is 6.42 Å². The van der Waals surface area contributed by atoms with Crippen LogP contribution >= 0.6 is 23.4 Å². The number of carbonyl (C=O) groups is 1. The zero-order chi connectivity index (χ0) is 23.1. The molecular formula is C26H28ClFN2OS. The number of halogens is 2. The van der Waals surface area contributed by atoms with Crippen molar-refractivity contribution < 1.29 is 9.18 Å². The lowest BCUT2D eigenvalue weighted by Gasteiger charge is -2.27. The van der Waals surface area contributed by atoms with E-state index in [2.05, 4.69) is 31.4 Å². The first-order valence-corrected chi connectivity index (χ1v) is 11.9. The van der Waals surface area contributed by atoms with E-state index in [-0.39, 0.29) is 17.1 Å². The first kappa shape index (κ1) is 24.1. The van der Waals surface area contributed by atoms with E-state index < -0.39 is 0 Å². The molecule has 1 amide bonds. The summed E-state index contributed by atoms with van der Waals surface area (Å²) in [4.78, 5) is 13.7. The number of rotatable bonds is 9. The van der Waals surface area contributed by atoms with Gasteiger partial charge >= 0.3 is 0 Å². The normalized spacial score (nSPS) is 11.3. The minimum absolute atomic E-state index is 0.0815. The second-order valence-corrected chi connectivity index (χ2v) is 9.99. The molecule has 0 aliphatic heterocycles. The van der Waals surface area contributed by atoms with Crippen molar-refractivity contribution in [3.05, 3.63) is 88.7 Å². The molecular weight excluding hydrogens is 443 g/mol. The highest BCUT2D eigenvalue weighted by atomic mass is 35.5. The van der Waals surface area contributed by atoms with Gasteiger partial charge in [0.25, 0.3) is 0 Å². The number of benzene rings is 3. The van der Waals surface area contributed by atoms with Crippen LogP contribution in [0.2, 0.25) is 5.02 Å². The van der Waals surface area contributed by atoms with Crippen molar-refractivity contribution in [2.75, 3.05) is 22.9 Å². The van der Waals surface area contributed by atoms with Gasteiger partial charge in [-0.3, -0.25) is 4.79 Å². The summed E-state index contributed by atoms with van der Waals surface area (Å²) in [5, 5.41) is 6.85. The fourth-order valence-electron chi connectivity index (χ4n) is 3.39. The highest BCUT2D eigenvalue weighted by Gasteiger charge is 2.23. The molecule has 0 bridgehead atoms. The largest absolute Gasteiger partial charge is 0.384 e. The molecule has 0 aromatic heterocycles. The molecule has 0 fully saturated rings. The SMILES string of the molecule is CCSc1ccc(CC(=O)Nc2ccc(C(C)(C)CNc3ccc(F)cc3)c(Cl)c2)cc1. The molecule has 0 atom stereocenters. The van der Waals surface area contributed by atoms with Crippen molar-refractivity contribution >= 4 is 40.6 Å². The van der Waals surface area contributed by atoms with Crippen molar-refractivity contribution in [1.29, 1.82) is 0 Å². The van der Waals surface area contributed by atoms with E-state index in [1.807, 2.05) is 36.4 Å². The minimum atomic E-state index is -0.272. The monoisotopic (exact) mass is 470 g/mol. The van der Waals surface area contributed by atoms with Crippen LogP contribution in [0.4, 0.5) is 15.8 Å². The molecule has 0 aliphatic rings. The average molecular weight is 471 g/mol. The van der Waals surface area contributed by atoms with E-state index in [1.165, 1.54) is 17.0 Å². The Kier molecular flexibility index (Phi) is 8.21. The van der Waals surface area contributed by atoms with Gasteiger partial charge in [-0.15, -0.1) is 11.8 Å². The van der Waals surface area contributed by atoms with Gasteiger partial charge in [0.15, 0.2) is 0 Å². The number of thioether (sulfide) groups is 1. The van der Waals surface area contributed by atoms with Crippen LogP contribution in [0.1, 0.15) is 31.9 Å². The predicted octanol–water partition coefficient (Wildman–Crippen LogP) is 7.16. The Morgan fingerprint density at radius 2 is 1.66 bits per heavy atom. The first-order chi connectivity index (χ1) is 15.3. The maximum atomic E-state index is 13.1. The van der Waals surface area contributed by atoms with Gasteiger partial charge in [-0.25, -0.2) is 4.39 Å². The van der Waals surface area contributed by atoms with Gasteiger partial charge in [0.1, 0.15) is 5.82 Å². The van der Waals surface area contributed by atoms with Crippen LogP contribution in [-0.4, -0.2) is 18.2 Å². The number of nitrogens with one attached hydrogen (secondary N) is 2. The van der Waals surface area contributed by atoms with Crippen LogP contribution < -0.4 is 10.6 Å². The Morgan fingerprint density at radius 3 is 2.28 bits per heavy atom. The Labute approximate surface area is 198 Å². The predicted molar refractivity (Wildman–Crippen MR) is 135 cm³/mol. The lowest BCUT2D eigenvalue weighted by molar-refractivity contribution is -0.115. The number of anilines is 2. The van der Waals surface area contributed by atoms with Gasteiger partial charge in [-0.2, -0.15) is 0 Å². The van der Waals surface area contributed by atoms with E-state index in [4.69, 9.17) is 11.6 Å². The molecule has 0 spiro atoms. The third-order valence-electron chi connectivity index (χ3n) is 5.16. The Balaban J connectivity index is 1.60. The summed E-state index contributed by atoms with van der Waals surface area (Å²) in [6.07, 6.45) is 0.309. The lowest BCUT2D eigenvalue weighted by Crippen LogP contribution is -2.28. The van der Waals surface area contributed by atoms with E-state index in [0.717, 1.165) is 22.6 Å². The third kappa shape index (κ3) is 6.75. The Bertz CT molecular complexity index is 1050. The quantitative estimate of drug-likeness (QED) is 0.326. The summed E-state index contributed by atoms with van der Waals surface area (Å²) in [5.74, 6) is 0.681. The summed E-state index contributed by atoms with van der Waals surface area (Å²) < 4.78 is 13.1. The van der Waals surface area contributed by atoms with Gasteiger partial charge < -0.3 is 10.6 Å². The topological polar surface area (TPSA) is 41.1 Å². The summed E-state index contributed by atoms with van der Waals surface area (Å²) >= 11 is 8.35. The van der Waals surface area contributed by atoms with Gasteiger partial charge in [-0.1, -0.05) is 50.6 Å². The molecule has 0 unspecified atom stereocenters. The summed E-state index contributed by atoms with van der Waals surface area (Å²) in [6, 6.07) is 20.0. The molecule has 6 heteroatoms. The zero-order valence-corrected chi connectivity index (χ0v) is 20.1. The fraction of sp³-hybridized carbons (Fsp3) is 0.269. The van der Waals surface area contributed by atoms with Crippen molar-refractivity contribution in [2.24, 2.45) is 0 Å². The molecule has 0 saturated heterocycles. The summed E-state index contributed by atoms with van der Waals surface area (Å²) in [6.45, 7) is 6.91. The molecule has 3 aromatic rings. The van der Waals surface area contributed by atoms with E-state index in [0.29, 0.717) is 23.7 Å². The van der Waals surface area contributed by atoms with E-state index in [9.17, 15) is 9.18 Å². The first-order valence-electron chi connectivity index (χ1n) is 10.6. The number of hydrogen-bond acceptors (Lipinski definition) is 3. The highest BCUT2D eigenvalue weighted by Crippen LogP contribution is 2.32. The molecule has 0 saturated carbocycles. The third-order valence-corrected chi connectivity index (χ3v) is 6.37. The Morgan fingerprint density at radius 1 is 1.00 bits per heavy atom. The van der Waals surface area contributed by atoms with Crippen LogP contribution in [0.25, 0.3) is 0 Å². The van der Waals surface area contributed by atoms with E-state index in [1.54, 1.807) is 30.0 Å². The molecule has 32 heavy (non-hydrogen) atoms. The van der Waals surface area contributed by atoms with Gasteiger partial charge in [0.2, 0.25) is 5.91 Å². The van der Waals surface area contributed by atoms with Gasteiger partial charge in [-0.05, 0) is 65.4 Å². The molecule has 0 aliphatic carbocycles. The molecule has 168 valence electrons. The smallest absolute Gasteiger partial charge is 0.228 e.